The molecule has 5 heteroatoms. The lowest BCUT2D eigenvalue weighted by Crippen LogP contribution is -2.36. The fraction of sp³-hybridized carbons (Fsp3) is 0.579. The molecule has 1 aromatic rings. The summed E-state index contributed by atoms with van der Waals surface area (Å²) in [5.74, 6) is -0.467. The van der Waals surface area contributed by atoms with E-state index < -0.39 is 0 Å². The maximum absolute atomic E-state index is 13.6. The average Bonchev–Trinajstić information content (AvgIpc) is 3.32. The minimum Gasteiger partial charge on any atom is -0.356 e. The summed E-state index contributed by atoms with van der Waals surface area (Å²) in [6.07, 6.45) is 3.86. The fourth-order valence-corrected chi connectivity index (χ4v) is 3.43. The number of carbonyl (C=O) groups excluding carboxylic acids is 2. The SMILES string of the molecule is CCCCNC(=O)[C@H]1CN(C(=O)C2CC2)C[C@H]1c1cccc(F)c1. The maximum atomic E-state index is 13.6. The lowest BCUT2D eigenvalue weighted by Gasteiger charge is -2.18. The molecule has 1 saturated heterocycles. The van der Waals surface area contributed by atoms with Gasteiger partial charge in [0.1, 0.15) is 5.82 Å². The van der Waals surface area contributed by atoms with Gasteiger partial charge in [-0.2, -0.15) is 0 Å². The van der Waals surface area contributed by atoms with Gasteiger partial charge < -0.3 is 10.2 Å². The molecule has 1 aliphatic heterocycles. The average molecular weight is 332 g/mol. The number of benzene rings is 1. The topological polar surface area (TPSA) is 49.4 Å². The van der Waals surface area contributed by atoms with Crippen molar-refractivity contribution in [1.82, 2.24) is 10.2 Å². The van der Waals surface area contributed by atoms with Crippen molar-refractivity contribution in [2.75, 3.05) is 19.6 Å². The van der Waals surface area contributed by atoms with Crippen molar-refractivity contribution in [3.8, 4) is 0 Å². The van der Waals surface area contributed by atoms with E-state index in [0.29, 0.717) is 19.6 Å². The van der Waals surface area contributed by atoms with Crippen LogP contribution in [0.25, 0.3) is 0 Å². The number of unbranched alkanes of at least 4 members (excludes halogenated alkanes) is 1. The molecular formula is C19H25FN2O2. The van der Waals surface area contributed by atoms with Crippen LogP contribution in [-0.2, 0) is 9.59 Å². The van der Waals surface area contributed by atoms with Crippen LogP contribution in [0.2, 0.25) is 0 Å². The van der Waals surface area contributed by atoms with Gasteiger partial charge in [0.2, 0.25) is 11.8 Å². The van der Waals surface area contributed by atoms with E-state index in [2.05, 4.69) is 12.2 Å². The molecule has 1 N–H and O–H groups in total. The number of nitrogens with zero attached hydrogens (tertiary/aromatic N) is 1. The Morgan fingerprint density at radius 3 is 2.75 bits per heavy atom. The fourth-order valence-electron chi connectivity index (χ4n) is 3.43. The van der Waals surface area contributed by atoms with Gasteiger partial charge in [0.25, 0.3) is 0 Å². The minimum absolute atomic E-state index is 0.0243. The molecule has 130 valence electrons. The van der Waals surface area contributed by atoms with Crippen LogP contribution in [0.15, 0.2) is 24.3 Å². The molecule has 3 rings (SSSR count). The highest BCUT2D eigenvalue weighted by atomic mass is 19.1. The van der Waals surface area contributed by atoms with Gasteiger partial charge >= 0.3 is 0 Å². The molecule has 2 amide bonds. The monoisotopic (exact) mass is 332 g/mol. The smallest absolute Gasteiger partial charge is 0.225 e. The molecule has 0 bridgehead atoms. The van der Waals surface area contributed by atoms with Crippen LogP contribution < -0.4 is 5.32 Å². The number of likely N-dealkylation sites (tertiary alicyclic amines) is 1. The third-order valence-corrected chi connectivity index (χ3v) is 5.00. The number of rotatable bonds is 6. The second kappa shape index (κ2) is 7.32. The normalized spacial score (nSPS) is 23.3. The van der Waals surface area contributed by atoms with Crippen molar-refractivity contribution in [3.05, 3.63) is 35.6 Å². The highest BCUT2D eigenvalue weighted by Crippen LogP contribution is 2.38. The molecular weight excluding hydrogens is 307 g/mol. The Balaban J connectivity index is 1.76. The quantitative estimate of drug-likeness (QED) is 0.814. The van der Waals surface area contributed by atoms with Crippen LogP contribution in [0.4, 0.5) is 4.39 Å². The van der Waals surface area contributed by atoms with E-state index >= 15 is 0 Å². The zero-order valence-electron chi connectivity index (χ0n) is 14.1. The highest BCUT2D eigenvalue weighted by Gasteiger charge is 2.43. The first-order chi connectivity index (χ1) is 11.6. The van der Waals surface area contributed by atoms with Crippen LogP contribution in [0.1, 0.15) is 44.1 Å². The standard InChI is InChI=1S/C19H25FN2O2/c1-2-3-9-21-18(23)17-12-22(19(24)13-7-8-13)11-16(17)14-5-4-6-15(20)10-14/h4-6,10,13,16-17H,2-3,7-9,11-12H2,1H3,(H,21,23)/t16-,17-/m0/s1. The number of hydrogen-bond acceptors (Lipinski definition) is 2. The zero-order chi connectivity index (χ0) is 17.1. The van der Waals surface area contributed by atoms with Crippen molar-refractivity contribution >= 4 is 11.8 Å². The summed E-state index contributed by atoms with van der Waals surface area (Å²) in [4.78, 5) is 26.8. The first-order valence-electron chi connectivity index (χ1n) is 8.92. The second-order valence-corrected chi connectivity index (χ2v) is 6.93. The third-order valence-electron chi connectivity index (χ3n) is 5.00. The molecule has 1 aromatic carbocycles. The van der Waals surface area contributed by atoms with Crippen molar-refractivity contribution in [3.63, 3.8) is 0 Å². The number of hydrogen-bond donors (Lipinski definition) is 1. The first kappa shape index (κ1) is 16.9. The van der Waals surface area contributed by atoms with Gasteiger partial charge in [0.05, 0.1) is 5.92 Å². The van der Waals surface area contributed by atoms with E-state index in [9.17, 15) is 14.0 Å². The van der Waals surface area contributed by atoms with Crippen molar-refractivity contribution in [2.24, 2.45) is 11.8 Å². The molecule has 0 spiro atoms. The van der Waals surface area contributed by atoms with Gasteiger partial charge in [-0.05, 0) is 37.0 Å². The van der Waals surface area contributed by atoms with Crippen LogP contribution in [0, 0.1) is 17.7 Å². The minimum atomic E-state index is -0.301. The highest BCUT2D eigenvalue weighted by molar-refractivity contribution is 5.85. The second-order valence-electron chi connectivity index (χ2n) is 6.93. The molecule has 1 saturated carbocycles. The van der Waals surface area contributed by atoms with E-state index in [1.807, 2.05) is 6.07 Å². The number of halogens is 1. The van der Waals surface area contributed by atoms with Crippen LogP contribution in [0.5, 0.6) is 0 Å². The summed E-state index contributed by atoms with van der Waals surface area (Å²) < 4.78 is 13.6. The number of nitrogens with one attached hydrogen (secondary N) is 1. The Morgan fingerprint density at radius 2 is 2.08 bits per heavy atom. The predicted octanol–water partition coefficient (Wildman–Crippen LogP) is 2.69. The van der Waals surface area contributed by atoms with E-state index in [1.165, 1.54) is 12.1 Å². The Hall–Kier alpha value is -1.91. The summed E-state index contributed by atoms with van der Waals surface area (Å²) >= 11 is 0. The molecule has 1 aliphatic carbocycles. The van der Waals surface area contributed by atoms with E-state index in [4.69, 9.17) is 0 Å². The maximum Gasteiger partial charge on any atom is 0.225 e. The molecule has 4 nitrogen and oxygen atoms in total. The molecule has 2 fully saturated rings. The van der Waals surface area contributed by atoms with E-state index in [0.717, 1.165) is 31.2 Å². The van der Waals surface area contributed by atoms with Gasteiger partial charge in [-0.3, -0.25) is 9.59 Å². The molecule has 0 unspecified atom stereocenters. The van der Waals surface area contributed by atoms with Gasteiger partial charge in [0.15, 0.2) is 0 Å². The van der Waals surface area contributed by atoms with Crippen molar-refractivity contribution in [2.45, 2.75) is 38.5 Å². The Bertz CT molecular complexity index is 615. The summed E-state index contributed by atoms with van der Waals surface area (Å²) in [5.41, 5.74) is 0.803. The zero-order valence-corrected chi connectivity index (χ0v) is 14.1. The molecule has 24 heavy (non-hydrogen) atoms. The number of carbonyl (C=O) groups is 2. The molecule has 2 atom stereocenters. The Kier molecular flexibility index (Phi) is 5.17. The predicted molar refractivity (Wildman–Crippen MR) is 89.9 cm³/mol. The summed E-state index contributed by atoms with van der Waals surface area (Å²) in [6, 6.07) is 6.41. The van der Waals surface area contributed by atoms with Crippen molar-refractivity contribution < 1.29 is 14.0 Å². The lowest BCUT2D eigenvalue weighted by molar-refractivity contribution is -0.132. The van der Waals surface area contributed by atoms with Gasteiger partial charge in [0, 0.05) is 31.5 Å². The van der Waals surface area contributed by atoms with E-state index in [1.54, 1.807) is 11.0 Å². The molecule has 0 aromatic heterocycles. The van der Waals surface area contributed by atoms with Crippen LogP contribution in [0.3, 0.4) is 0 Å². The number of amides is 2. The summed E-state index contributed by atoms with van der Waals surface area (Å²) in [6.45, 7) is 3.67. The van der Waals surface area contributed by atoms with E-state index in [-0.39, 0.29) is 35.4 Å². The third kappa shape index (κ3) is 3.77. The molecule has 0 radical (unpaired) electrons. The molecule has 1 heterocycles. The van der Waals surface area contributed by atoms with Crippen LogP contribution >= 0.6 is 0 Å². The van der Waals surface area contributed by atoms with Gasteiger partial charge in [-0.25, -0.2) is 4.39 Å². The van der Waals surface area contributed by atoms with Crippen molar-refractivity contribution in [1.29, 1.82) is 0 Å². The largest absolute Gasteiger partial charge is 0.356 e. The van der Waals surface area contributed by atoms with Gasteiger partial charge in [-0.1, -0.05) is 25.5 Å². The Labute approximate surface area is 142 Å². The summed E-state index contributed by atoms with van der Waals surface area (Å²) in [7, 11) is 0. The van der Waals surface area contributed by atoms with Gasteiger partial charge in [-0.15, -0.1) is 0 Å². The first-order valence-corrected chi connectivity index (χ1v) is 8.92. The Morgan fingerprint density at radius 1 is 1.29 bits per heavy atom. The van der Waals surface area contributed by atoms with Crippen LogP contribution in [-0.4, -0.2) is 36.3 Å². The molecule has 2 aliphatic rings. The lowest BCUT2D eigenvalue weighted by atomic mass is 9.88. The summed E-state index contributed by atoms with van der Waals surface area (Å²) in [5, 5.41) is 2.97.